The topological polar surface area (TPSA) is 75.4 Å². The molecule has 0 spiro atoms. The van der Waals surface area contributed by atoms with Crippen LogP contribution in [0.25, 0.3) is 0 Å². The highest BCUT2D eigenvalue weighted by molar-refractivity contribution is 5.86. The molecule has 24 heavy (non-hydrogen) atoms. The van der Waals surface area contributed by atoms with Crippen molar-refractivity contribution in [1.82, 2.24) is 14.7 Å². The second-order valence-corrected chi connectivity index (χ2v) is 5.93. The van der Waals surface area contributed by atoms with Gasteiger partial charge in [0.2, 0.25) is 5.91 Å². The van der Waals surface area contributed by atoms with E-state index in [1.165, 1.54) is 24.5 Å². The Balaban J connectivity index is 1.56. The molecule has 1 aromatic heterocycles. The molecule has 126 valence electrons. The SMILES string of the molecule is O=C(O)c1cnn(C2CCN(C(=O)Cc3cccc(F)c3)CC2)c1. The molecular formula is C17H18FN3O3. The standard InChI is InChI=1S/C17H18FN3O3/c18-14-3-1-2-12(8-14)9-16(22)20-6-4-15(5-7-20)21-11-13(10-19-21)17(23)24/h1-3,8,10-11,15H,4-7,9H2,(H,23,24). The van der Waals surface area contributed by atoms with Crippen LogP contribution in [0.4, 0.5) is 4.39 Å². The van der Waals surface area contributed by atoms with Crippen LogP contribution in [0.5, 0.6) is 0 Å². The Kier molecular flexibility index (Phi) is 4.59. The van der Waals surface area contributed by atoms with Gasteiger partial charge in [0.1, 0.15) is 5.82 Å². The Morgan fingerprint density at radius 2 is 2.04 bits per heavy atom. The zero-order valence-corrected chi connectivity index (χ0v) is 13.1. The van der Waals surface area contributed by atoms with E-state index < -0.39 is 5.97 Å². The summed E-state index contributed by atoms with van der Waals surface area (Å²) in [5, 5.41) is 13.0. The van der Waals surface area contributed by atoms with Crippen molar-refractivity contribution >= 4 is 11.9 Å². The molecule has 1 amide bonds. The number of nitrogens with zero attached hydrogens (tertiary/aromatic N) is 3. The molecule has 0 saturated carbocycles. The predicted molar refractivity (Wildman–Crippen MR) is 84.1 cm³/mol. The summed E-state index contributed by atoms with van der Waals surface area (Å²) in [6.45, 7) is 1.17. The molecule has 1 fully saturated rings. The first kappa shape index (κ1) is 16.2. The number of likely N-dealkylation sites (tertiary alicyclic amines) is 1. The zero-order valence-electron chi connectivity index (χ0n) is 13.1. The number of hydrogen-bond acceptors (Lipinski definition) is 3. The molecule has 1 aliphatic rings. The molecule has 1 saturated heterocycles. The number of rotatable bonds is 4. The smallest absolute Gasteiger partial charge is 0.338 e. The van der Waals surface area contributed by atoms with Crippen molar-refractivity contribution in [3.8, 4) is 0 Å². The lowest BCUT2D eigenvalue weighted by Gasteiger charge is -2.32. The zero-order chi connectivity index (χ0) is 17.1. The number of carbonyl (C=O) groups excluding carboxylic acids is 1. The van der Waals surface area contributed by atoms with E-state index >= 15 is 0 Å². The molecule has 7 heteroatoms. The molecule has 0 bridgehead atoms. The van der Waals surface area contributed by atoms with Crippen molar-refractivity contribution in [1.29, 1.82) is 0 Å². The quantitative estimate of drug-likeness (QED) is 0.931. The van der Waals surface area contributed by atoms with Crippen molar-refractivity contribution in [2.75, 3.05) is 13.1 Å². The third-order valence-corrected chi connectivity index (χ3v) is 4.28. The molecule has 1 aromatic carbocycles. The number of amides is 1. The second-order valence-electron chi connectivity index (χ2n) is 5.93. The number of carbonyl (C=O) groups is 2. The van der Waals surface area contributed by atoms with Crippen LogP contribution in [0, 0.1) is 5.82 Å². The van der Waals surface area contributed by atoms with Crippen molar-refractivity contribution in [3.63, 3.8) is 0 Å². The molecule has 1 N–H and O–H groups in total. The van der Waals surface area contributed by atoms with Gasteiger partial charge in [-0.2, -0.15) is 5.10 Å². The lowest BCUT2D eigenvalue weighted by molar-refractivity contribution is -0.131. The minimum absolute atomic E-state index is 0.0225. The van der Waals surface area contributed by atoms with Crippen LogP contribution in [-0.4, -0.2) is 44.8 Å². The molecule has 0 radical (unpaired) electrons. The summed E-state index contributed by atoms with van der Waals surface area (Å²) in [4.78, 5) is 25.0. The minimum Gasteiger partial charge on any atom is -0.478 e. The molecule has 0 atom stereocenters. The van der Waals surface area contributed by atoms with Crippen LogP contribution in [0.2, 0.25) is 0 Å². The monoisotopic (exact) mass is 331 g/mol. The van der Waals surface area contributed by atoms with Crippen molar-refractivity contribution in [2.45, 2.75) is 25.3 Å². The number of aromatic carboxylic acids is 1. The van der Waals surface area contributed by atoms with E-state index in [-0.39, 0.29) is 29.8 Å². The van der Waals surface area contributed by atoms with Gasteiger partial charge in [-0.3, -0.25) is 9.48 Å². The van der Waals surface area contributed by atoms with Gasteiger partial charge in [-0.05, 0) is 30.5 Å². The molecular weight excluding hydrogens is 313 g/mol. The van der Waals surface area contributed by atoms with Gasteiger partial charge in [-0.25, -0.2) is 9.18 Å². The van der Waals surface area contributed by atoms with Gasteiger partial charge >= 0.3 is 5.97 Å². The van der Waals surface area contributed by atoms with Crippen LogP contribution in [0.1, 0.15) is 34.8 Å². The molecule has 6 nitrogen and oxygen atoms in total. The summed E-state index contributed by atoms with van der Waals surface area (Å²) < 4.78 is 14.8. The van der Waals surface area contributed by atoms with E-state index in [0.717, 1.165) is 12.8 Å². The van der Waals surface area contributed by atoms with E-state index in [1.54, 1.807) is 21.7 Å². The summed E-state index contributed by atoms with van der Waals surface area (Å²) in [6.07, 6.45) is 4.49. The predicted octanol–water partition coefficient (Wildman–Crippen LogP) is 2.13. The van der Waals surface area contributed by atoms with Gasteiger partial charge in [0.25, 0.3) is 0 Å². The number of aromatic nitrogens is 2. The Labute approximate surface area is 138 Å². The highest BCUT2D eigenvalue weighted by Crippen LogP contribution is 2.22. The highest BCUT2D eigenvalue weighted by atomic mass is 19.1. The van der Waals surface area contributed by atoms with Crippen LogP contribution in [0.15, 0.2) is 36.7 Å². The Morgan fingerprint density at radius 1 is 1.29 bits per heavy atom. The van der Waals surface area contributed by atoms with E-state index in [2.05, 4.69) is 5.10 Å². The largest absolute Gasteiger partial charge is 0.478 e. The van der Waals surface area contributed by atoms with Crippen molar-refractivity contribution in [3.05, 3.63) is 53.6 Å². The number of carboxylic acid groups (broad SMARTS) is 1. The van der Waals surface area contributed by atoms with Gasteiger partial charge in [-0.1, -0.05) is 12.1 Å². The first-order valence-electron chi connectivity index (χ1n) is 7.82. The van der Waals surface area contributed by atoms with E-state index in [1.807, 2.05) is 0 Å². The van der Waals surface area contributed by atoms with Crippen LogP contribution < -0.4 is 0 Å². The number of halogens is 1. The van der Waals surface area contributed by atoms with Gasteiger partial charge in [0, 0.05) is 19.3 Å². The number of benzene rings is 1. The fourth-order valence-electron chi connectivity index (χ4n) is 2.96. The molecule has 0 aliphatic carbocycles. The van der Waals surface area contributed by atoms with Gasteiger partial charge in [-0.15, -0.1) is 0 Å². The van der Waals surface area contributed by atoms with E-state index in [0.29, 0.717) is 18.7 Å². The van der Waals surface area contributed by atoms with Crippen LogP contribution >= 0.6 is 0 Å². The highest BCUT2D eigenvalue weighted by Gasteiger charge is 2.24. The first-order valence-corrected chi connectivity index (χ1v) is 7.82. The third kappa shape index (κ3) is 3.61. The van der Waals surface area contributed by atoms with E-state index in [4.69, 9.17) is 5.11 Å². The van der Waals surface area contributed by atoms with Crippen LogP contribution in [-0.2, 0) is 11.2 Å². The summed E-state index contributed by atoms with van der Waals surface area (Å²) >= 11 is 0. The lowest BCUT2D eigenvalue weighted by atomic mass is 10.0. The summed E-state index contributed by atoms with van der Waals surface area (Å²) in [6, 6.07) is 6.17. The summed E-state index contributed by atoms with van der Waals surface area (Å²) in [7, 11) is 0. The normalized spacial score (nSPS) is 15.5. The van der Waals surface area contributed by atoms with Crippen LogP contribution in [0.3, 0.4) is 0 Å². The van der Waals surface area contributed by atoms with Gasteiger partial charge in [0.05, 0.1) is 24.2 Å². The van der Waals surface area contributed by atoms with Crippen molar-refractivity contribution in [2.24, 2.45) is 0 Å². The third-order valence-electron chi connectivity index (χ3n) is 4.28. The first-order chi connectivity index (χ1) is 11.5. The average molecular weight is 331 g/mol. The maximum absolute atomic E-state index is 13.2. The Bertz CT molecular complexity index is 751. The Hall–Kier alpha value is -2.70. The minimum atomic E-state index is -0.996. The lowest BCUT2D eigenvalue weighted by Crippen LogP contribution is -2.40. The van der Waals surface area contributed by atoms with Crippen molar-refractivity contribution < 1.29 is 19.1 Å². The molecule has 2 heterocycles. The number of piperidine rings is 1. The summed E-state index contributed by atoms with van der Waals surface area (Å²) in [5.41, 5.74) is 0.833. The maximum Gasteiger partial charge on any atom is 0.338 e. The maximum atomic E-state index is 13.2. The number of hydrogen-bond donors (Lipinski definition) is 1. The number of carboxylic acids is 1. The molecule has 3 rings (SSSR count). The van der Waals surface area contributed by atoms with E-state index in [9.17, 15) is 14.0 Å². The van der Waals surface area contributed by atoms with Gasteiger partial charge in [0.15, 0.2) is 0 Å². The molecule has 2 aromatic rings. The molecule has 1 aliphatic heterocycles. The van der Waals surface area contributed by atoms with Gasteiger partial charge < -0.3 is 10.0 Å². The fourth-order valence-corrected chi connectivity index (χ4v) is 2.96. The Morgan fingerprint density at radius 3 is 2.67 bits per heavy atom. The summed E-state index contributed by atoms with van der Waals surface area (Å²) in [5.74, 6) is -1.36. The average Bonchev–Trinajstić information content (AvgIpc) is 3.05. The fraction of sp³-hybridized carbons (Fsp3) is 0.353. The second kappa shape index (κ2) is 6.82. The molecule has 0 unspecified atom stereocenters.